The van der Waals surface area contributed by atoms with E-state index in [2.05, 4.69) is 26.0 Å². The van der Waals surface area contributed by atoms with E-state index in [0.717, 1.165) is 28.6 Å². The van der Waals surface area contributed by atoms with E-state index in [1.54, 1.807) is 30.1 Å². The first-order valence-corrected chi connectivity index (χ1v) is 11.8. The number of hydrogen-bond donors (Lipinski definition) is 2. The quantitative estimate of drug-likeness (QED) is 0.269. The zero-order valence-corrected chi connectivity index (χ0v) is 19.2. The van der Waals surface area contributed by atoms with Crippen molar-refractivity contribution in [2.24, 2.45) is 0 Å². The zero-order valence-electron chi connectivity index (χ0n) is 18.4. The highest BCUT2D eigenvalue weighted by molar-refractivity contribution is 7.08. The van der Waals surface area contributed by atoms with E-state index >= 15 is 0 Å². The van der Waals surface area contributed by atoms with Crippen molar-refractivity contribution in [2.75, 3.05) is 10.6 Å². The third-order valence-corrected chi connectivity index (χ3v) is 5.86. The first-order valence-electron chi connectivity index (χ1n) is 10.9. The van der Waals surface area contributed by atoms with Crippen LogP contribution in [0.15, 0.2) is 102 Å². The molecule has 0 saturated heterocycles. The van der Waals surface area contributed by atoms with Crippen molar-refractivity contribution < 1.29 is 4.74 Å². The number of benzene rings is 2. The fraction of sp³-hybridized carbons (Fsp3) is 0. The molecule has 0 bridgehead atoms. The average molecular weight is 478 g/mol. The van der Waals surface area contributed by atoms with E-state index in [1.807, 2.05) is 82.7 Å². The molecule has 0 aliphatic heterocycles. The monoisotopic (exact) mass is 477 g/mol. The number of imidazole rings is 1. The van der Waals surface area contributed by atoms with Gasteiger partial charge in [-0.15, -0.1) is 0 Å². The second-order valence-corrected chi connectivity index (χ2v) is 8.38. The highest BCUT2D eigenvalue weighted by Gasteiger charge is 2.15. The van der Waals surface area contributed by atoms with Crippen molar-refractivity contribution in [3.8, 4) is 17.2 Å². The molecule has 2 N–H and O–H groups in total. The molecule has 170 valence electrons. The molecule has 0 aliphatic rings. The second kappa shape index (κ2) is 9.24. The van der Waals surface area contributed by atoms with Crippen LogP contribution in [0, 0.1) is 0 Å². The number of pyridine rings is 1. The fourth-order valence-corrected chi connectivity index (χ4v) is 4.19. The van der Waals surface area contributed by atoms with Gasteiger partial charge in [0.25, 0.3) is 0 Å². The van der Waals surface area contributed by atoms with Crippen LogP contribution in [0.25, 0.3) is 16.9 Å². The maximum absolute atomic E-state index is 5.90. The molecule has 0 radical (unpaired) electrons. The van der Waals surface area contributed by atoms with Crippen molar-refractivity contribution in [2.45, 2.75) is 0 Å². The van der Waals surface area contributed by atoms with Gasteiger partial charge in [-0.25, -0.2) is 4.98 Å². The minimum Gasteiger partial charge on any atom is -0.457 e. The Balaban J connectivity index is 1.34. The molecule has 6 rings (SSSR count). The van der Waals surface area contributed by atoms with E-state index in [-0.39, 0.29) is 0 Å². The number of para-hydroxylation sites is 1. The average Bonchev–Trinajstić information content (AvgIpc) is 3.57. The molecule has 0 atom stereocenters. The number of ether oxygens (including phenoxy) is 1. The summed E-state index contributed by atoms with van der Waals surface area (Å²) in [7, 11) is 0. The van der Waals surface area contributed by atoms with Crippen molar-refractivity contribution in [3.63, 3.8) is 0 Å². The van der Waals surface area contributed by atoms with Crippen LogP contribution in [0.1, 0.15) is 0 Å². The Morgan fingerprint density at radius 3 is 2.43 bits per heavy atom. The molecular weight excluding hydrogens is 458 g/mol. The summed E-state index contributed by atoms with van der Waals surface area (Å²) in [5, 5.41) is 10.7. The molecule has 4 heterocycles. The third-order valence-electron chi connectivity index (χ3n) is 5.19. The van der Waals surface area contributed by atoms with Crippen LogP contribution >= 0.6 is 11.3 Å². The standard InChI is InChI=1S/C26H19N7OS/c1-2-6-21(7-3-1)34-22-10-8-18(9-11-22)29-24-23-25(33(17-28-23)20-12-14-35-16-20)32-26(31-24)30-19-5-4-13-27-15-19/h1-17H,(H2,29,30,31,32). The van der Waals surface area contributed by atoms with Gasteiger partial charge in [0.15, 0.2) is 17.0 Å². The Morgan fingerprint density at radius 1 is 0.800 bits per heavy atom. The molecule has 0 amide bonds. The maximum Gasteiger partial charge on any atom is 0.231 e. The van der Waals surface area contributed by atoms with Gasteiger partial charge in [0, 0.05) is 17.3 Å². The Labute approximate surface area is 204 Å². The van der Waals surface area contributed by atoms with E-state index in [0.29, 0.717) is 22.9 Å². The van der Waals surface area contributed by atoms with Gasteiger partial charge in [-0.1, -0.05) is 18.2 Å². The summed E-state index contributed by atoms with van der Waals surface area (Å²) in [6.45, 7) is 0. The molecule has 0 spiro atoms. The Bertz CT molecular complexity index is 1550. The second-order valence-electron chi connectivity index (χ2n) is 7.60. The largest absolute Gasteiger partial charge is 0.457 e. The molecule has 0 saturated carbocycles. The predicted octanol–water partition coefficient (Wildman–Crippen LogP) is 6.55. The highest BCUT2D eigenvalue weighted by Crippen LogP contribution is 2.29. The molecule has 9 heteroatoms. The number of fused-ring (bicyclic) bond motifs is 1. The molecule has 35 heavy (non-hydrogen) atoms. The number of nitrogens with one attached hydrogen (secondary N) is 2. The molecule has 0 unspecified atom stereocenters. The third kappa shape index (κ3) is 4.53. The molecule has 8 nitrogen and oxygen atoms in total. The Kier molecular flexibility index (Phi) is 5.50. The van der Waals surface area contributed by atoms with Crippen LogP contribution in [-0.4, -0.2) is 24.5 Å². The van der Waals surface area contributed by atoms with Gasteiger partial charge in [-0.05, 0) is 60.0 Å². The van der Waals surface area contributed by atoms with Crippen molar-refractivity contribution in [1.29, 1.82) is 0 Å². The lowest BCUT2D eigenvalue weighted by molar-refractivity contribution is 0.483. The maximum atomic E-state index is 5.90. The van der Waals surface area contributed by atoms with Crippen molar-refractivity contribution in [3.05, 3.63) is 102 Å². The van der Waals surface area contributed by atoms with Gasteiger partial charge in [0.2, 0.25) is 5.95 Å². The summed E-state index contributed by atoms with van der Waals surface area (Å²) in [6.07, 6.45) is 5.21. The number of hydrogen-bond acceptors (Lipinski definition) is 8. The van der Waals surface area contributed by atoms with Crippen molar-refractivity contribution >= 4 is 45.6 Å². The summed E-state index contributed by atoms with van der Waals surface area (Å²) in [6, 6.07) is 23.2. The molecular formula is C26H19N7OS. The number of rotatable bonds is 7. The first-order chi connectivity index (χ1) is 17.3. The van der Waals surface area contributed by atoms with Crippen LogP contribution in [-0.2, 0) is 0 Å². The molecule has 0 fully saturated rings. The lowest BCUT2D eigenvalue weighted by atomic mass is 10.3. The highest BCUT2D eigenvalue weighted by atomic mass is 32.1. The number of nitrogens with zero attached hydrogens (tertiary/aromatic N) is 5. The number of anilines is 4. The normalized spacial score (nSPS) is 10.9. The van der Waals surface area contributed by atoms with Crippen molar-refractivity contribution in [1.82, 2.24) is 24.5 Å². The van der Waals surface area contributed by atoms with E-state index in [4.69, 9.17) is 14.7 Å². The number of thiophene rings is 1. The predicted molar refractivity (Wildman–Crippen MR) is 138 cm³/mol. The zero-order chi connectivity index (χ0) is 23.5. The molecule has 0 aliphatic carbocycles. The van der Waals surface area contributed by atoms with Gasteiger partial charge in [-0.3, -0.25) is 9.55 Å². The summed E-state index contributed by atoms with van der Waals surface area (Å²) in [5.74, 6) is 2.56. The van der Waals surface area contributed by atoms with Crippen LogP contribution in [0.2, 0.25) is 0 Å². The van der Waals surface area contributed by atoms with Gasteiger partial charge in [0.1, 0.15) is 17.8 Å². The molecule has 4 aromatic heterocycles. The van der Waals surface area contributed by atoms with E-state index in [9.17, 15) is 0 Å². The van der Waals surface area contributed by atoms with Gasteiger partial charge >= 0.3 is 0 Å². The molecule has 6 aromatic rings. The van der Waals surface area contributed by atoms with Crippen LogP contribution in [0.5, 0.6) is 11.5 Å². The lowest BCUT2D eigenvalue weighted by Gasteiger charge is -2.11. The van der Waals surface area contributed by atoms with Crippen LogP contribution in [0.4, 0.5) is 23.1 Å². The van der Waals surface area contributed by atoms with Crippen LogP contribution < -0.4 is 15.4 Å². The minimum absolute atomic E-state index is 0.439. The summed E-state index contributed by atoms with van der Waals surface area (Å²) >= 11 is 1.62. The smallest absolute Gasteiger partial charge is 0.231 e. The van der Waals surface area contributed by atoms with E-state index < -0.39 is 0 Å². The SMILES string of the molecule is c1ccc(Oc2ccc(Nc3nc(Nc4cccnc4)nc4c3ncn4-c3ccsc3)cc2)cc1. The Morgan fingerprint density at radius 2 is 1.66 bits per heavy atom. The minimum atomic E-state index is 0.439. The van der Waals surface area contributed by atoms with E-state index in [1.165, 1.54) is 0 Å². The van der Waals surface area contributed by atoms with Gasteiger partial charge in [0.05, 0.1) is 17.6 Å². The topological polar surface area (TPSA) is 89.8 Å². The van der Waals surface area contributed by atoms with Gasteiger partial charge < -0.3 is 15.4 Å². The van der Waals surface area contributed by atoms with Gasteiger partial charge in [-0.2, -0.15) is 21.3 Å². The lowest BCUT2D eigenvalue weighted by Crippen LogP contribution is -2.04. The van der Waals surface area contributed by atoms with Crippen LogP contribution in [0.3, 0.4) is 0 Å². The fourth-order valence-electron chi connectivity index (χ4n) is 3.56. The Hall–Kier alpha value is -4.76. The number of aromatic nitrogens is 5. The first kappa shape index (κ1) is 20.8. The summed E-state index contributed by atoms with van der Waals surface area (Å²) in [5.41, 5.74) is 4.00. The molecule has 2 aromatic carbocycles. The summed E-state index contributed by atoms with van der Waals surface area (Å²) in [4.78, 5) is 18.2. The summed E-state index contributed by atoms with van der Waals surface area (Å²) < 4.78 is 7.85.